The van der Waals surface area contributed by atoms with Gasteiger partial charge in [-0.2, -0.15) is 10.4 Å². The molecule has 1 N–H and O–H groups in total. The van der Waals surface area contributed by atoms with Crippen molar-refractivity contribution in [2.75, 3.05) is 0 Å². The van der Waals surface area contributed by atoms with Crippen LogP contribution in [-0.2, 0) is 0 Å². The number of halogens is 1. The van der Waals surface area contributed by atoms with Crippen molar-refractivity contribution in [2.24, 2.45) is 0 Å². The lowest BCUT2D eigenvalue weighted by atomic mass is 10.2. The number of benzene rings is 1. The first-order valence-electron chi connectivity index (χ1n) is 6.14. The second-order valence-corrected chi connectivity index (χ2v) is 5.06. The standard InChI is InChI=1S/C14H10ClN3O2/c15-13-11(14(19)20)12(9-4-5-9)17-18(13)10-3-1-2-8(6-10)7-16/h1-3,6,9H,4-5H2,(H,19,20). The monoisotopic (exact) mass is 287 g/mol. The zero-order chi connectivity index (χ0) is 14.3. The molecule has 1 aromatic carbocycles. The molecule has 1 heterocycles. The molecule has 2 aromatic rings. The lowest BCUT2D eigenvalue weighted by molar-refractivity contribution is 0.0696. The van der Waals surface area contributed by atoms with E-state index in [9.17, 15) is 9.90 Å². The summed E-state index contributed by atoms with van der Waals surface area (Å²) in [4.78, 5) is 11.4. The van der Waals surface area contributed by atoms with Gasteiger partial charge in [0, 0.05) is 5.92 Å². The zero-order valence-corrected chi connectivity index (χ0v) is 11.1. The molecule has 1 aromatic heterocycles. The molecule has 20 heavy (non-hydrogen) atoms. The summed E-state index contributed by atoms with van der Waals surface area (Å²) in [5.74, 6) is -0.890. The lowest BCUT2D eigenvalue weighted by Gasteiger charge is -2.03. The Hall–Kier alpha value is -2.32. The van der Waals surface area contributed by atoms with Crippen LogP contribution in [0.5, 0.6) is 0 Å². The summed E-state index contributed by atoms with van der Waals surface area (Å²) < 4.78 is 1.39. The number of hydrogen-bond acceptors (Lipinski definition) is 3. The van der Waals surface area contributed by atoms with E-state index in [1.165, 1.54) is 4.68 Å². The fourth-order valence-electron chi connectivity index (χ4n) is 2.13. The summed E-state index contributed by atoms with van der Waals surface area (Å²) in [5, 5.41) is 22.6. The van der Waals surface area contributed by atoms with Crippen LogP contribution in [0.1, 0.15) is 40.4 Å². The molecule has 0 saturated heterocycles. The zero-order valence-electron chi connectivity index (χ0n) is 10.4. The fraction of sp³-hybridized carbons (Fsp3) is 0.214. The average Bonchev–Trinajstić information content (AvgIpc) is 3.22. The van der Waals surface area contributed by atoms with Gasteiger partial charge >= 0.3 is 5.97 Å². The van der Waals surface area contributed by atoms with E-state index in [0.717, 1.165) is 12.8 Å². The molecule has 5 nitrogen and oxygen atoms in total. The number of carboxylic acid groups (broad SMARTS) is 1. The third-order valence-corrected chi connectivity index (χ3v) is 3.60. The highest BCUT2D eigenvalue weighted by molar-refractivity contribution is 6.33. The van der Waals surface area contributed by atoms with E-state index >= 15 is 0 Å². The van der Waals surface area contributed by atoms with Gasteiger partial charge in [0.2, 0.25) is 0 Å². The van der Waals surface area contributed by atoms with Crippen LogP contribution in [0.25, 0.3) is 5.69 Å². The predicted molar refractivity (Wildman–Crippen MR) is 72.2 cm³/mol. The van der Waals surface area contributed by atoms with Gasteiger partial charge in [-0.15, -0.1) is 0 Å². The van der Waals surface area contributed by atoms with Crippen molar-refractivity contribution in [1.82, 2.24) is 9.78 Å². The first-order valence-corrected chi connectivity index (χ1v) is 6.52. The van der Waals surface area contributed by atoms with Crippen molar-refractivity contribution in [2.45, 2.75) is 18.8 Å². The van der Waals surface area contributed by atoms with E-state index in [1.54, 1.807) is 24.3 Å². The molecule has 0 amide bonds. The second kappa shape index (κ2) is 4.66. The largest absolute Gasteiger partial charge is 0.478 e. The maximum absolute atomic E-state index is 11.4. The Labute approximate surface area is 120 Å². The Morgan fingerprint density at radius 3 is 2.85 bits per heavy atom. The number of hydrogen-bond donors (Lipinski definition) is 1. The highest BCUT2D eigenvalue weighted by atomic mass is 35.5. The van der Waals surface area contributed by atoms with Gasteiger partial charge in [-0.3, -0.25) is 0 Å². The van der Waals surface area contributed by atoms with Crippen LogP contribution in [0.3, 0.4) is 0 Å². The van der Waals surface area contributed by atoms with Crippen LogP contribution in [0.4, 0.5) is 0 Å². The number of nitrogens with zero attached hydrogens (tertiary/aromatic N) is 3. The molecule has 0 spiro atoms. The number of rotatable bonds is 3. The summed E-state index contributed by atoms with van der Waals surface area (Å²) in [6.07, 6.45) is 1.87. The van der Waals surface area contributed by atoms with Crippen molar-refractivity contribution < 1.29 is 9.90 Å². The quantitative estimate of drug-likeness (QED) is 0.941. The van der Waals surface area contributed by atoms with E-state index in [4.69, 9.17) is 16.9 Å². The molecular weight excluding hydrogens is 278 g/mol. The Bertz CT molecular complexity index is 741. The summed E-state index contributed by atoms with van der Waals surface area (Å²) >= 11 is 6.16. The molecule has 100 valence electrons. The topological polar surface area (TPSA) is 78.9 Å². The van der Waals surface area contributed by atoms with Crippen LogP contribution in [0.15, 0.2) is 24.3 Å². The van der Waals surface area contributed by atoms with Crippen LogP contribution < -0.4 is 0 Å². The second-order valence-electron chi connectivity index (χ2n) is 4.70. The third-order valence-electron chi connectivity index (χ3n) is 3.25. The molecule has 1 saturated carbocycles. The molecule has 3 rings (SSSR count). The SMILES string of the molecule is N#Cc1cccc(-n2nc(C3CC3)c(C(=O)O)c2Cl)c1. The Morgan fingerprint density at radius 2 is 2.25 bits per heavy atom. The van der Waals surface area contributed by atoms with Gasteiger partial charge in [0.1, 0.15) is 10.7 Å². The molecule has 0 radical (unpaired) electrons. The minimum Gasteiger partial charge on any atom is -0.478 e. The van der Waals surface area contributed by atoms with E-state index in [1.807, 2.05) is 6.07 Å². The molecule has 0 atom stereocenters. The molecule has 0 aliphatic heterocycles. The highest BCUT2D eigenvalue weighted by Crippen LogP contribution is 2.43. The van der Waals surface area contributed by atoms with Gasteiger partial charge < -0.3 is 5.11 Å². The number of nitriles is 1. The minimum absolute atomic E-state index is 0.0662. The first-order chi connectivity index (χ1) is 9.61. The molecule has 1 aliphatic carbocycles. The number of aromatic nitrogens is 2. The van der Waals surface area contributed by atoms with Gasteiger partial charge in [0.15, 0.2) is 0 Å². The maximum Gasteiger partial charge on any atom is 0.340 e. The maximum atomic E-state index is 11.4. The van der Waals surface area contributed by atoms with Crippen LogP contribution in [-0.4, -0.2) is 20.9 Å². The Balaban J connectivity index is 2.16. The highest BCUT2D eigenvalue weighted by Gasteiger charge is 2.34. The number of carbonyl (C=O) groups is 1. The average molecular weight is 288 g/mol. The molecule has 1 aliphatic rings. The van der Waals surface area contributed by atoms with E-state index in [-0.39, 0.29) is 16.6 Å². The number of aromatic carboxylic acids is 1. The minimum atomic E-state index is -1.07. The number of carboxylic acids is 1. The fourth-order valence-corrected chi connectivity index (χ4v) is 2.44. The van der Waals surface area contributed by atoms with Crippen molar-refractivity contribution >= 4 is 17.6 Å². The van der Waals surface area contributed by atoms with E-state index in [0.29, 0.717) is 16.9 Å². The van der Waals surface area contributed by atoms with Crippen LogP contribution in [0, 0.1) is 11.3 Å². The lowest BCUT2D eigenvalue weighted by Crippen LogP contribution is -2.00. The van der Waals surface area contributed by atoms with Crippen LogP contribution in [0.2, 0.25) is 5.15 Å². The molecule has 6 heteroatoms. The summed E-state index contributed by atoms with van der Waals surface area (Å²) in [6, 6.07) is 8.78. The summed E-state index contributed by atoms with van der Waals surface area (Å²) in [5.41, 5.74) is 1.66. The Kier molecular flexibility index (Phi) is 2.96. The molecular formula is C14H10ClN3O2. The van der Waals surface area contributed by atoms with Gasteiger partial charge in [-0.1, -0.05) is 17.7 Å². The smallest absolute Gasteiger partial charge is 0.340 e. The van der Waals surface area contributed by atoms with Crippen LogP contribution >= 0.6 is 11.6 Å². The summed E-state index contributed by atoms with van der Waals surface area (Å²) in [6.45, 7) is 0. The van der Waals surface area contributed by atoms with Crippen molar-refractivity contribution in [3.05, 3.63) is 46.2 Å². The van der Waals surface area contributed by atoms with Crippen molar-refractivity contribution in [3.8, 4) is 11.8 Å². The predicted octanol–water partition coefficient (Wildman–Crippen LogP) is 2.97. The van der Waals surface area contributed by atoms with Gasteiger partial charge in [0.25, 0.3) is 0 Å². The van der Waals surface area contributed by atoms with E-state index in [2.05, 4.69) is 5.10 Å². The Morgan fingerprint density at radius 1 is 1.50 bits per heavy atom. The first kappa shape index (κ1) is 12.7. The van der Waals surface area contributed by atoms with Crippen molar-refractivity contribution in [3.63, 3.8) is 0 Å². The molecule has 0 bridgehead atoms. The van der Waals surface area contributed by atoms with E-state index < -0.39 is 5.97 Å². The van der Waals surface area contributed by atoms with Gasteiger partial charge in [-0.25, -0.2) is 9.48 Å². The van der Waals surface area contributed by atoms with Gasteiger partial charge in [0.05, 0.1) is 23.0 Å². The summed E-state index contributed by atoms with van der Waals surface area (Å²) in [7, 11) is 0. The molecule has 0 unspecified atom stereocenters. The van der Waals surface area contributed by atoms with Crippen molar-refractivity contribution in [1.29, 1.82) is 5.26 Å². The van der Waals surface area contributed by atoms with Gasteiger partial charge in [-0.05, 0) is 31.0 Å². The third kappa shape index (κ3) is 2.04. The normalized spacial score (nSPS) is 14.0. The molecule has 1 fully saturated rings.